The summed E-state index contributed by atoms with van der Waals surface area (Å²) in [5.41, 5.74) is 0. The lowest BCUT2D eigenvalue weighted by Crippen LogP contribution is -2.38. The maximum Gasteiger partial charge on any atom is 0.307 e. The van der Waals surface area contributed by atoms with Crippen molar-refractivity contribution in [3.8, 4) is 0 Å². The van der Waals surface area contributed by atoms with Gasteiger partial charge < -0.3 is 10.4 Å². The summed E-state index contributed by atoms with van der Waals surface area (Å²) < 4.78 is 0. The highest BCUT2D eigenvalue weighted by atomic mass is 32.1. The van der Waals surface area contributed by atoms with Crippen molar-refractivity contribution in [3.05, 3.63) is 34.5 Å². The summed E-state index contributed by atoms with van der Waals surface area (Å²) in [6.45, 7) is 0.475. The van der Waals surface area contributed by atoms with Gasteiger partial charge >= 0.3 is 5.97 Å². The van der Waals surface area contributed by atoms with Gasteiger partial charge in [-0.3, -0.25) is 9.59 Å². The summed E-state index contributed by atoms with van der Waals surface area (Å²) in [6, 6.07) is 3.87. The Hall–Kier alpha value is -1.62. The molecule has 1 aliphatic carbocycles. The number of allylic oxidation sites excluding steroid dienone is 2. The first-order chi connectivity index (χ1) is 8.68. The molecule has 4 nitrogen and oxygen atoms in total. The Morgan fingerprint density at radius 1 is 1.33 bits per heavy atom. The van der Waals surface area contributed by atoms with E-state index in [2.05, 4.69) is 5.32 Å². The van der Waals surface area contributed by atoms with Crippen LogP contribution in [-0.2, 0) is 16.1 Å². The summed E-state index contributed by atoms with van der Waals surface area (Å²) in [5.74, 6) is -2.11. The van der Waals surface area contributed by atoms with Gasteiger partial charge in [0.05, 0.1) is 18.4 Å². The highest BCUT2D eigenvalue weighted by molar-refractivity contribution is 7.09. The molecule has 0 unspecified atom stereocenters. The Morgan fingerprint density at radius 2 is 2.06 bits per heavy atom. The SMILES string of the molecule is O=C(O)[C@H]1CC=CC[C@H]1C(=O)NCc1cccs1. The van der Waals surface area contributed by atoms with Crippen molar-refractivity contribution in [1.82, 2.24) is 5.32 Å². The van der Waals surface area contributed by atoms with Crippen LogP contribution in [0.2, 0.25) is 0 Å². The van der Waals surface area contributed by atoms with E-state index in [1.165, 1.54) is 0 Å². The smallest absolute Gasteiger partial charge is 0.307 e. The van der Waals surface area contributed by atoms with E-state index in [0.29, 0.717) is 19.4 Å². The molecular weight excluding hydrogens is 250 g/mol. The van der Waals surface area contributed by atoms with Crippen LogP contribution in [-0.4, -0.2) is 17.0 Å². The number of hydrogen-bond acceptors (Lipinski definition) is 3. The maximum atomic E-state index is 12.0. The molecule has 0 aromatic carbocycles. The molecule has 2 atom stereocenters. The molecule has 1 heterocycles. The van der Waals surface area contributed by atoms with Crippen molar-refractivity contribution in [2.45, 2.75) is 19.4 Å². The third-order valence-corrected chi connectivity index (χ3v) is 3.98. The van der Waals surface area contributed by atoms with Crippen molar-refractivity contribution in [2.75, 3.05) is 0 Å². The topological polar surface area (TPSA) is 66.4 Å². The third kappa shape index (κ3) is 2.98. The average Bonchev–Trinajstić information content (AvgIpc) is 2.89. The predicted octanol–water partition coefficient (Wildman–Crippen LogP) is 2.03. The predicted molar refractivity (Wildman–Crippen MR) is 69.2 cm³/mol. The minimum atomic E-state index is -0.893. The molecule has 1 amide bonds. The van der Waals surface area contributed by atoms with Crippen LogP contribution in [0.3, 0.4) is 0 Å². The number of carboxylic acid groups (broad SMARTS) is 1. The van der Waals surface area contributed by atoms with Crippen LogP contribution < -0.4 is 5.32 Å². The molecule has 0 saturated heterocycles. The molecule has 5 heteroatoms. The summed E-state index contributed by atoms with van der Waals surface area (Å²) in [7, 11) is 0. The number of nitrogens with one attached hydrogen (secondary N) is 1. The first-order valence-electron chi connectivity index (χ1n) is 5.86. The van der Waals surface area contributed by atoms with Gasteiger partial charge in [-0.15, -0.1) is 11.3 Å². The minimum absolute atomic E-state index is 0.167. The minimum Gasteiger partial charge on any atom is -0.481 e. The van der Waals surface area contributed by atoms with Crippen LogP contribution in [0.15, 0.2) is 29.7 Å². The Bertz CT molecular complexity index is 453. The largest absolute Gasteiger partial charge is 0.481 e. The molecule has 1 aromatic rings. The van der Waals surface area contributed by atoms with Gasteiger partial charge in [0.15, 0.2) is 0 Å². The van der Waals surface area contributed by atoms with E-state index >= 15 is 0 Å². The number of amides is 1. The zero-order chi connectivity index (χ0) is 13.0. The molecule has 0 fully saturated rings. The summed E-state index contributed by atoms with van der Waals surface area (Å²) >= 11 is 1.57. The number of thiophene rings is 1. The van der Waals surface area contributed by atoms with Crippen molar-refractivity contribution < 1.29 is 14.7 Å². The van der Waals surface area contributed by atoms with E-state index in [4.69, 9.17) is 5.11 Å². The Morgan fingerprint density at radius 3 is 2.67 bits per heavy atom. The number of hydrogen-bond donors (Lipinski definition) is 2. The highest BCUT2D eigenvalue weighted by Crippen LogP contribution is 2.26. The second kappa shape index (κ2) is 5.82. The molecule has 96 valence electrons. The molecule has 0 saturated carbocycles. The van der Waals surface area contributed by atoms with E-state index in [9.17, 15) is 9.59 Å². The summed E-state index contributed by atoms with van der Waals surface area (Å²) in [4.78, 5) is 24.2. The van der Waals surface area contributed by atoms with Crippen LogP contribution in [0, 0.1) is 11.8 Å². The highest BCUT2D eigenvalue weighted by Gasteiger charge is 2.33. The van der Waals surface area contributed by atoms with E-state index in [0.717, 1.165) is 4.88 Å². The Labute approximate surface area is 109 Å². The van der Waals surface area contributed by atoms with Crippen molar-refractivity contribution in [3.63, 3.8) is 0 Å². The van der Waals surface area contributed by atoms with E-state index in [-0.39, 0.29) is 5.91 Å². The molecule has 18 heavy (non-hydrogen) atoms. The first-order valence-corrected chi connectivity index (χ1v) is 6.74. The Kier molecular flexibility index (Phi) is 4.15. The molecule has 0 spiro atoms. The molecule has 1 aliphatic rings. The van der Waals surface area contributed by atoms with Gasteiger partial charge in [-0.05, 0) is 24.3 Å². The normalized spacial score (nSPS) is 22.7. The van der Waals surface area contributed by atoms with Crippen LogP contribution >= 0.6 is 11.3 Å². The fourth-order valence-corrected chi connectivity index (χ4v) is 2.74. The van der Waals surface area contributed by atoms with Gasteiger partial charge in [-0.1, -0.05) is 18.2 Å². The molecule has 2 N–H and O–H groups in total. The van der Waals surface area contributed by atoms with E-state index in [1.807, 2.05) is 29.7 Å². The van der Waals surface area contributed by atoms with Gasteiger partial charge in [0, 0.05) is 4.88 Å². The number of carboxylic acids is 1. The molecule has 2 rings (SSSR count). The number of aliphatic carboxylic acids is 1. The summed E-state index contributed by atoms with van der Waals surface area (Å²) in [5, 5.41) is 13.9. The lowest BCUT2D eigenvalue weighted by molar-refractivity contribution is -0.147. The van der Waals surface area contributed by atoms with Gasteiger partial charge in [0.25, 0.3) is 0 Å². The van der Waals surface area contributed by atoms with Crippen LogP contribution in [0.1, 0.15) is 17.7 Å². The van der Waals surface area contributed by atoms with Crippen molar-refractivity contribution >= 4 is 23.2 Å². The van der Waals surface area contributed by atoms with Crippen LogP contribution in [0.5, 0.6) is 0 Å². The summed E-state index contributed by atoms with van der Waals surface area (Å²) in [6.07, 6.45) is 4.66. The molecule has 0 bridgehead atoms. The molecule has 1 aromatic heterocycles. The van der Waals surface area contributed by atoms with Gasteiger partial charge in [0.1, 0.15) is 0 Å². The van der Waals surface area contributed by atoms with Crippen molar-refractivity contribution in [2.24, 2.45) is 11.8 Å². The molecule has 0 radical (unpaired) electrons. The second-order valence-electron chi connectivity index (χ2n) is 4.29. The lowest BCUT2D eigenvalue weighted by Gasteiger charge is -2.24. The van der Waals surface area contributed by atoms with Gasteiger partial charge in [-0.2, -0.15) is 0 Å². The average molecular weight is 265 g/mol. The second-order valence-corrected chi connectivity index (χ2v) is 5.32. The van der Waals surface area contributed by atoms with E-state index < -0.39 is 17.8 Å². The number of carbonyl (C=O) groups excluding carboxylic acids is 1. The zero-order valence-electron chi connectivity index (χ0n) is 9.83. The first kappa shape index (κ1) is 12.8. The van der Waals surface area contributed by atoms with Crippen molar-refractivity contribution in [1.29, 1.82) is 0 Å². The fraction of sp³-hybridized carbons (Fsp3) is 0.385. The Balaban J connectivity index is 1.94. The number of rotatable bonds is 4. The maximum absolute atomic E-state index is 12.0. The zero-order valence-corrected chi connectivity index (χ0v) is 10.7. The fourth-order valence-electron chi connectivity index (χ4n) is 2.10. The van der Waals surface area contributed by atoms with Crippen LogP contribution in [0.4, 0.5) is 0 Å². The molecule has 0 aliphatic heterocycles. The van der Waals surface area contributed by atoms with E-state index in [1.54, 1.807) is 11.3 Å². The quantitative estimate of drug-likeness (QED) is 0.819. The lowest BCUT2D eigenvalue weighted by atomic mass is 9.82. The molecular formula is C13H15NO3S. The van der Waals surface area contributed by atoms with Crippen LogP contribution in [0.25, 0.3) is 0 Å². The monoisotopic (exact) mass is 265 g/mol. The number of carbonyl (C=O) groups is 2. The van der Waals surface area contributed by atoms with Gasteiger partial charge in [-0.25, -0.2) is 0 Å². The third-order valence-electron chi connectivity index (χ3n) is 3.10. The standard InChI is InChI=1S/C13H15NO3S/c15-12(14-8-9-4-3-7-18-9)10-5-1-2-6-11(10)13(16)17/h1-4,7,10-11H,5-6,8H2,(H,14,15)(H,16,17)/t10-,11+/m1/s1. The van der Waals surface area contributed by atoms with Gasteiger partial charge in [0.2, 0.25) is 5.91 Å².